The topological polar surface area (TPSA) is 46.5 Å². The lowest BCUT2D eigenvalue weighted by Gasteiger charge is -2.15. The lowest BCUT2D eigenvalue weighted by molar-refractivity contribution is 0.0281. The van der Waals surface area contributed by atoms with Crippen LogP contribution in [0.1, 0.15) is 49.9 Å². The molecule has 1 aromatic rings. The molecule has 0 bridgehead atoms. The highest BCUT2D eigenvalue weighted by atomic mass is 16.5. The number of ether oxygens (including phenoxy) is 1. The standard InChI is InChI=1S/C15H21O3/c1-3-7-14(16)11-10-12(2)18-15(17)13-8-5-4-6-9-13/h5-6,8-9,12,14,16H,3,7,10-11H2,1-2H3. The van der Waals surface area contributed by atoms with Gasteiger partial charge in [0, 0.05) is 0 Å². The molecule has 0 heterocycles. The maximum Gasteiger partial charge on any atom is 0.338 e. The molecule has 0 aliphatic carbocycles. The van der Waals surface area contributed by atoms with Gasteiger partial charge in [-0.05, 0) is 44.4 Å². The lowest BCUT2D eigenvalue weighted by Crippen LogP contribution is -2.17. The van der Waals surface area contributed by atoms with Gasteiger partial charge in [-0.15, -0.1) is 0 Å². The van der Waals surface area contributed by atoms with Crippen LogP contribution in [0.2, 0.25) is 0 Å². The van der Waals surface area contributed by atoms with Crippen molar-refractivity contribution in [3.05, 3.63) is 35.9 Å². The third-order valence-electron chi connectivity index (χ3n) is 2.79. The molecule has 18 heavy (non-hydrogen) atoms. The van der Waals surface area contributed by atoms with Crippen LogP contribution < -0.4 is 0 Å². The van der Waals surface area contributed by atoms with E-state index in [2.05, 4.69) is 6.07 Å². The Morgan fingerprint density at radius 1 is 1.33 bits per heavy atom. The summed E-state index contributed by atoms with van der Waals surface area (Å²) in [5.41, 5.74) is 0.537. The van der Waals surface area contributed by atoms with Crippen LogP contribution >= 0.6 is 0 Å². The smallest absolute Gasteiger partial charge is 0.338 e. The van der Waals surface area contributed by atoms with Crippen molar-refractivity contribution in [3.8, 4) is 0 Å². The first-order valence-corrected chi connectivity index (χ1v) is 6.48. The number of hydrogen-bond acceptors (Lipinski definition) is 3. The predicted octanol–water partition coefficient (Wildman–Crippen LogP) is 2.97. The molecule has 0 aliphatic heterocycles. The van der Waals surface area contributed by atoms with Gasteiger partial charge < -0.3 is 9.84 Å². The fourth-order valence-electron chi connectivity index (χ4n) is 1.74. The van der Waals surface area contributed by atoms with Crippen molar-refractivity contribution >= 4 is 5.97 Å². The summed E-state index contributed by atoms with van der Waals surface area (Å²) in [7, 11) is 0. The van der Waals surface area contributed by atoms with Gasteiger partial charge in [0.1, 0.15) is 0 Å². The Balaban J connectivity index is 2.32. The minimum atomic E-state index is -0.318. The molecule has 1 aromatic carbocycles. The summed E-state index contributed by atoms with van der Waals surface area (Å²) >= 11 is 0. The molecular formula is C15H21O3. The maximum absolute atomic E-state index is 11.7. The monoisotopic (exact) mass is 249 g/mol. The molecule has 0 aliphatic rings. The highest BCUT2D eigenvalue weighted by Crippen LogP contribution is 2.11. The van der Waals surface area contributed by atoms with E-state index in [1.54, 1.807) is 24.3 Å². The summed E-state index contributed by atoms with van der Waals surface area (Å²) in [5.74, 6) is -0.318. The third kappa shape index (κ3) is 5.32. The fraction of sp³-hybridized carbons (Fsp3) is 0.533. The molecule has 0 aromatic heterocycles. The number of aliphatic hydroxyl groups excluding tert-OH is 1. The van der Waals surface area contributed by atoms with Crippen LogP contribution in [-0.2, 0) is 4.74 Å². The molecule has 0 saturated heterocycles. The Morgan fingerprint density at radius 2 is 2.00 bits per heavy atom. The number of carbonyl (C=O) groups excluding carboxylic acids is 1. The van der Waals surface area contributed by atoms with Crippen molar-refractivity contribution in [1.29, 1.82) is 0 Å². The zero-order valence-electron chi connectivity index (χ0n) is 11.1. The van der Waals surface area contributed by atoms with Crippen molar-refractivity contribution in [1.82, 2.24) is 0 Å². The quantitative estimate of drug-likeness (QED) is 0.756. The summed E-state index contributed by atoms with van der Waals surface area (Å²) < 4.78 is 5.30. The molecular weight excluding hydrogens is 228 g/mol. The van der Waals surface area contributed by atoms with Gasteiger partial charge in [-0.1, -0.05) is 25.5 Å². The molecule has 1 N–H and O–H groups in total. The van der Waals surface area contributed by atoms with Gasteiger partial charge in [0.15, 0.2) is 0 Å². The van der Waals surface area contributed by atoms with Gasteiger partial charge in [0.2, 0.25) is 0 Å². The van der Waals surface area contributed by atoms with Crippen molar-refractivity contribution < 1.29 is 14.6 Å². The molecule has 3 nitrogen and oxygen atoms in total. The van der Waals surface area contributed by atoms with E-state index in [4.69, 9.17) is 4.74 Å². The predicted molar refractivity (Wildman–Crippen MR) is 70.3 cm³/mol. The number of esters is 1. The minimum absolute atomic E-state index is 0.173. The first-order valence-electron chi connectivity index (χ1n) is 6.48. The summed E-state index contributed by atoms with van der Waals surface area (Å²) in [6.45, 7) is 3.89. The van der Waals surface area contributed by atoms with Crippen molar-refractivity contribution in [2.45, 2.75) is 51.7 Å². The van der Waals surface area contributed by atoms with E-state index in [0.29, 0.717) is 18.4 Å². The zero-order chi connectivity index (χ0) is 13.4. The molecule has 0 spiro atoms. The zero-order valence-corrected chi connectivity index (χ0v) is 11.1. The van der Waals surface area contributed by atoms with Gasteiger partial charge >= 0.3 is 5.97 Å². The molecule has 0 saturated carbocycles. The molecule has 2 unspecified atom stereocenters. The normalized spacial score (nSPS) is 13.9. The highest BCUT2D eigenvalue weighted by Gasteiger charge is 2.13. The van der Waals surface area contributed by atoms with E-state index in [1.807, 2.05) is 13.8 Å². The number of carbonyl (C=O) groups is 1. The van der Waals surface area contributed by atoms with Crippen LogP contribution in [0.25, 0.3) is 0 Å². The van der Waals surface area contributed by atoms with Crippen molar-refractivity contribution in [2.24, 2.45) is 0 Å². The number of benzene rings is 1. The van der Waals surface area contributed by atoms with Gasteiger partial charge in [-0.2, -0.15) is 0 Å². The molecule has 99 valence electrons. The van der Waals surface area contributed by atoms with E-state index in [9.17, 15) is 9.90 Å². The minimum Gasteiger partial charge on any atom is -0.459 e. The number of hydrogen-bond donors (Lipinski definition) is 1. The Labute approximate surface area is 109 Å². The molecule has 0 amide bonds. The third-order valence-corrected chi connectivity index (χ3v) is 2.79. The summed E-state index contributed by atoms with van der Waals surface area (Å²) in [6.07, 6.45) is 2.66. The molecule has 0 fully saturated rings. The van der Waals surface area contributed by atoms with Crippen LogP contribution in [0.4, 0.5) is 0 Å². The van der Waals surface area contributed by atoms with Gasteiger partial charge in [0.05, 0.1) is 17.8 Å². The van der Waals surface area contributed by atoms with Crippen LogP contribution in [0.15, 0.2) is 24.3 Å². The van der Waals surface area contributed by atoms with Crippen LogP contribution in [-0.4, -0.2) is 23.3 Å². The van der Waals surface area contributed by atoms with Crippen molar-refractivity contribution in [3.63, 3.8) is 0 Å². The van der Waals surface area contributed by atoms with E-state index in [1.165, 1.54) is 0 Å². The second-order valence-corrected chi connectivity index (χ2v) is 4.52. The SMILES string of the molecule is CCCC(O)CCC(C)OC(=O)c1cc[c]cc1. The van der Waals surface area contributed by atoms with Crippen LogP contribution in [0, 0.1) is 6.07 Å². The molecule has 2 atom stereocenters. The summed E-state index contributed by atoms with van der Waals surface area (Å²) in [4.78, 5) is 11.7. The molecule has 1 rings (SSSR count). The lowest BCUT2D eigenvalue weighted by atomic mass is 10.1. The van der Waals surface area contributed by atoms with Gasteiger partial charge in [-0.3, -0.25) is 0 Å². The Morgan fingerprint density at radius 3 is 2.61 bits per heavy atom. The number of rotatable bonds is 7. The fourth-order valence-corrected chi connectivity index (χ4v) is 1.74. The van der Waals surface area contributed by atoms with E-state index in [0.717, 1.165) is 12.8 Å². The van der Waals surface area contributed by atoms with Crippen LogP contribution in [0.5, 0.6) is 0 Å². The average molecular weight is 249 g/mol. The summed E-state index contributed by atoms with van der Waals surface area (Å²) in [6, 6.07) is 9.59. The average Bonchev–Trinajstić information content (AvgIpc) is 2.38. The Hall–Kier alpha value is -1.35. The summed E-state index contributed by atoms with van der Waals surface area (Å²) in [5, 5.41) is 9.60. The van der Waals surface area contributed by atoms with Crippen molar-refractivity contribution in [2.75, 3.05) is 0 Å². The molecule has 1 radical (unpaired) electrons. The second kappa shape index (κ2) is 7.88. The first kappa shape index (κ1) is 14.7. The largest absolute Gasteiger partial charge is 0.459 e. The van der Waals surface area contributed by atoms with E-state index in [-0.39, 0.29) is 18.2 Å². The van der Waals surface area contributed by atoms with E-state index >= 15 is 0 Å². The maximum atomic E-state index is 11.7. The van der Waals surface area contributed by atoms with Crippen LogP contribution in [0.3, 0.4) is 0 Å². The van der Waals surface area contributed by atoms with Gasteiger partial charge in [0.25, 0.3) is 0 Å². The highest BCUT2D eigenvalue weighted by molar-refractivity contribution is 5.89. The Kier molecular flexibility index (Phi) is 6.44. The molecule has 3 heteroatoms. The second-order valence-electron chi connectivity index (χ2n) is 4.52. The first-order chi connectivity index (χ1) is 8.63. The van der Waals surface area contributed by atoms with E-state index < -0.39 is 0 Å². The van der Waals surface area contributed by atoms with Gasteiger partial charge in [-0.25, -0.2) is 4.79 Å². The Bertz CT molecular complexity index is 348. The number of aliphatic hydroxyl groups is 1.